The number of primary amides is 1. The number of carbonyl (C=O) groups excluding carboxylic acids is 10. The summed E-state index contributed by atoms with van der Waals surface area (Å²) in [6, 6.07) is 2.10. The Balaban J connectivity index is 1.14. The second-order valence-electron chi connectivity index (χ2n) is 26.5. The minimum atomic E-state index is -1.74. The Bertz CT molecular complexity index is 3020. The maximum atomic E-state index is 14.6. The molecule has 10 atom stereocenters. The number of aromatic nitrogens is 2. The number of amides is 8. The van der Waals surface area contributed by atoms with Crippen LogP contribution < -0.4 is 71.6 Å². The molecule has 3 heterocycles. The Kier molecular flexibility index (Phi) is 49.2. The number of nitrogens with two attached hydrogens (primary N) is 6. The van der Waals surface area contributed by atoms with Crippen molar-refractivity contribution in [2.75, 3.05) is 138 Å². The van der Waals surface area contributed by atoms with Gasteiger partial charge in [0.1, 0.15) is 17.9 Å². The first kappa shape index (κ1) is 93.6. The molecule has 2 aliphatic heterocycles. The van der Waals surface area contributed by atoms with E-state index in [9.17, 15) is 57.8 Å². The van der Waals surface area contributed by atoms with Gasteiger partial charge in [0.15, 0.2) is 17.5 Å². The SMILES string of the molecule is NCCCC[C@H](NC(=O)[C@H](CC(N)=O)NC(=O)[C@H](Cc1ccccc1)NC(=O)[C@H](CCCN=C(N)N)CC(=O)[C@H](Cc1cnc[nH]1)NC(=O)[C@@H](N)CCCCN)C(=O)C[C@@H](CC(=O)O)C(=O)NCCOCCOCCOCCOCCOCCOCCOCCOCCCC(=O)CCCC[C@@H]1SC[C@@H]2NC(=O)N[C@@H]21. The van der Waals surface area contributed by atoms with E-state index < -0.39 is 121 Å². The molecule has 21 N–H and O–H groups in total. The summed E-state index contributed by atoms with van der Waals surface area (Å²) in [5.41, 5.74) is 35.4. The van der Waals surface area contributed by atoms with E-state index in [4.69, 9.17) is 72.3 Å². The van der Waals surface area contributed by atoms with Crippen LogP contribution in [-0.4, -0.2) is 271 Å². The van der Waals surface area contributed by atoms with Crippen LogP contribution in [0.3, 0.4) is 0 Å². The topological polar surface area (TPSA) is 563 Å². The van der Waals surface area contributed by atoms with Gasteiger partial charge in [-0.2, -0.15) is 11.8 Å². The highest BCUT2D eigenvalue weighted by Crippen LogP contribution is 2.33. The van der Waals surface area contributed by atoms with Gasteiger partial charge in [-0.15, -0.1) is 0 Å². The van der Waals surface area contributed by atoms with E-state index >= 15 is 0 Å². The number of thioether (sulfide) groups is 1. The van der Waals surface area contributed by atoms with Gasteiger partial charge in [-0.1, -0.05) is 43.2 Å². The van der Waals surface area contributed by atoms with E-state index in [1.807, 2.05) is 11.8 Å². The van der Waals surface area contributed by atoms with E-state index in [0.717, 1.165) is 25.0 Å². The van der Waals surface area contributed by atoms with Crippen molar-refractivity contribution in [3.8, 4) is 0 Å². The molecular weight excluding hydrogens is 1440 g/mol. The summed E-state index contributed by atoms with van der Waals surface area (Å²) in [6.45, 7) is 6.06. The minimum absolute atomic E-state index is 0.0128. The number of benzene rings is 1. The van der Waals surface area contributed by atoms with Crippen LogP contribution in [0.1, 0.15) is 127 Å². The average Bonchev–Trinajstić information content (AvgIpc) is 1.58. The molecule has 0 aliphatic carbocycles. The zero-order chi connectivity index (χ0) is 79.2. The number of carboxylic acid groups (broad SMARTS) is 1. The molecule has 614 valence electrons. The van der Waals surface area contributed by atoms with Gasteiger partial charge < -0.3 is 120 Å². The van der Waals surface area contributed by atoms with Crippen molar-refractivity contribution in [2.24, 2.45) is 51.2 Å². The van der Waals surface area contributed by atoms with Gasteiger partial charge >= 0.3 is 12.0 Å². The first-order valence-electron chi connectivity index (χ1n) is 37.8. The van der Waals surface area contributed by atoms with Crippen LogP contribution in [0.15, 0.2) is 47.8 Å². The number of ether oxygens (including phenoxy) is 8. The summed E-state index contributed by atoms with van der Waals surface area (Å²) in [5, 5.41) is 29.3. The normalized spacial score (nSPS) is 16.4. The fraction of sp³-hybridized carbons (Fsp3) is 0.708. The highest BCUT2D eigenvalue weighted by molar-refractivity contribution is 8.00. The summed E-state index contributed by atoms with van der Waals surface area (Å²) in [7, 11) is 0. The summed E-state index contributed by atoms with van der Waals surface area (Å²) in [4.78, 5) is 158. The summed E-state index contributed by atoms with van der Waals surface area (Å²) in [6.07, 6.45) is 7.02. The van der Waals surface area contributed by atoms with Gasteiger partial charge in [-0.25, -0.2) is 9.78 Å². The van der Waals surface area contributed by atoms with Crippen molar-refractivity contribution < 1.29 is 95.7 Å². The number of unbranched alkanes of at least 4 members (excludes halogenated alkanes) is 3. The first-order chi connectivity index (χ1) is 52.7. The zero-order valence-corrected chi connectivity index (χ0v) is 63.6. The Morgan fingerprint density at radius 1 is 0.550 bits per heavy atom. The minimum Gasteiger partial charge on any atom is -0.481 e. The van der Waals surface area contributed by atoms with Crippen LogP contribution in [0, 0.1) is 11.8 Å². The van der Waals surface area contributed by atoms with Crippen LogP contribution in [0.2, 0.25) is 0 Å². The number of Topliss-reactive ketones (excluding diaryl/α,β-unsaturated/α-hetero) is 3. The van der Waals surface area contributed by atoms with E-state index in [1.165, 1.54) is 12.5 Å². The molecule has 2 aliphatic rings. The molecule has 109 heavy (non-hydrogen) atoms. The number of aromatic amines is 1. The average molecular weight is 1560 g/mol. The maximum absolute atomic E-state index is 14.6. The van der Waals surface area contributed by atoms with Gasteiger partial charge in [0.2, 0.25) is 35.4 Å². The zero-order valence-electron chi connectivity index (χ0n) is 62.8. The molecule has 0 bridgehead atoms. The number of imidazole rings is 1. The van der Waals surface area contributed by atoms with Crippen molar-refractivity contribution in [1.82, 2.24) is 47.2 Å². The Morgan fingerprint density at radius 2 is 1.09 bits per heavy atom. The monoisotopic (exact) mass is 1560 g/mol. The first-order valence-corrected chi connectivity index (χ1v) is 38.8. The summed E-state index contributed by atoms with van der Waals surface area (Å²) >= 11 is 1.89. The van der Waals surface area contributed by atoms with Gasteiger partial charge in [-0.05, 0) is 82.9 Å². The number of nitrogens with one attached hydrogen (secondary N) is 8. The molecule has 36 nitrogen and oxygen atoms in total. The predicted octanol–water partition coefficient (Wildman–Crippen LogP) is -1.40. The number of H-pyrrole nitrogens is 1. The van der Waals surface area contributed by atoms with Crippen molar-refractivity contribution in [3.05, 3.63) is 54.1 Å². The summed E-state index contributed by atoms with van der Waals surface area (Å²) < 4.78 is 44.4. The lowest BCUT2D eigenvalue weighted by Crippen LogP contribution is -2.57. The number of fused-ring (bicyclic) bond motifs is 1. The van der Waals surface area contributed by atoms with E-state index in [0.29, 0.717) is 147 Å². The van der Waals surface area contributed by atoms with Gasteiger partial charge in [0.05, 0.1) is 154 Å². The number of nitrogens with zero attached hydrogens (tertiary/aromatic N) is 2. The molecule has 1 aromatic heterocycles. The van der Waals surface area contributed by atoms with Crippen LogP contribution in [0.4, 0.5) is 4.79 Å². The molecule has 0 unspecified atom stereocenters. The number of hydrogen-bond donors (Lipinski definition) is 15. The Labute approximate surface area is 641 Å². The number of aliphatic imine (C=N–C) groups is 1. The number of rotatable bonds is 68. The van der Waals surface area contributed by atoms with Crippen molar-refractivity contribution in [1.29, 1.82) is 0 Å². The second kappa shape index (κ2) is 57.3. The van der Waals surface area contributed by atoms with Crippen molar-refractivity contribution >= 4 is 82.5 Å². The number of aliphatic carboxylic acids is 1. The van der Waals surface area contributed by atoms with Crippen molar-refractivity contribution in [2.45, 2.75) is 176 Å². The van der Waals surface area contributed by atoms with Gasteiger partial charge in [0.25, 0.3) is 0 Å². The van der Waals surface area contributed by atoms with Crippen LogP contribution >= 0.6 is 11.8 Å². The fourth-order valence-electron chi connectivity index (χ4n) is 11.8. The number of carbonyl (C=O) groups is 11. The maximum Gasteiger partial charge on any atom is 0.315 e. The highest BCUT2D eigenvalue weighted by Gasteiger charge is 2.43. The number of ketones is 3. The molecule has 0 saturated carbocycles. The van der Waals surface area contributed by atoms with E-state index in [1.54, 1.807) is 30.3 Å². The number of urea groups is 1. The lowest BCUT2D eigenvalue weighted by molar-refractivity contribution is -0.142. The molecule has 2 fully saturated rings. The van der Waals surface area contributed by atoms with Crippen LogP contribution in [0.5, 0.6) is 0 Å². The standard InChI is InChI=1S/C72H120N16O20S/c73-20-8-6-17-54(75)68(97)84-56(44-52-46-79-48-82-52)61(91)41-50(14-10-22-81-71(77)78)67(96)85-57(40-49-12-2-1-3-13-49)69(98)86-58(45-63(76)92)70(99)83-55(18-7-9-21-74)60(90)42-51(43-64(93)94)66(95)80-23-25-102-27-29-104-31-33-106-35-37-108-39-38-107-36-34-105-32-30-103-28-26-101-24-11-16-53(89)15-4-5-19-62-65-59(47-109-62)87-72(100)88-65/h1-3,12-13,46,48,50-51,54-59,62,65H,4-11,14-45,47,73-75H2,(H2,76,92)(H,79,82)(H,80,95)(H,83,99)(H,84,97)(H,85,96)(H,86,98)(H,93,94)(H4,77,78,81)(H2,87,88,100)/t50-,51+,54+,55+,56+,57+,58+,59+,62+,65+/m1/s1. The molecule has 2 saturated heterocycles. The molecule has 1 aromatic carbocycles. The second-order valence-corrected chi connectivity index (χ2v) is 27.8. The van der Waals surface area contributed by atoms with Crippen LogP contribution in [0.25, 0.3) is 0 Å². The molecule has 4 rings (SSSR count). The smallest absolute Gasteiger partial charge is 0.315 e. The largest absolute Gasteiger partial charge is 0.481 e. The molecule has 8 amide bonds. The Morgan fingerprint density at radius 3 is 1.67 bits per heavy atom. The lowest BCUT2D eigenvalue weighted by atomic mass is 9.91. The van der Waals surface area contributed by atoms with Crippen molar-refractivity contribution in [3.63, 3.8) is 0 Å². The molecule has 0 spiro atoms. The van der Waals surface area contributed by atoms with Crippen LogP contribution in [-0.2, 0) is 98.7 Å². The molecule has 2 aromatic rings. The molecule has 37 heteroatoms. The predicted molar refractivity (Wildman–Crippen MR) is 404 cm³/mol. The highest BCUT2D eigenvalue weighted by atomic mass is 32.2. The molecular formula is C72H120N16O20S. The molecule has 0 radical (unpaired) electrons. The number of hydrogen-bond acceptors (Lipinski definition) is 25. The lowest BCUT2D eigenvalue weighted by Gasteiger charge is -2.27. The third-order valence-electron chi connectivity index (χ3n) is 17.7. The number of carboxylic acids is 1. The van der Waals surface area contributed by atoms with Gasteiger partial charge in [-0.3, -0.25) is 52.9 Å². The fourth-order valence-corrected chi connectivity index (χ4v) is 13.4. The quantitative estimate of drug-likeness (QED) is 0.0157. The Hall–Kier alpha value is -7.82. The van der Waals surface area contributed by atoms with E-state index in [-0.39, 0.29) is 114 Å². The van der Waals surface area contributed by atoms with Gasteiger partial charge in [0, 0.05) is 87.0 Å². The van der Waals surface area contributed by atoms with E-state index in [2.05, 4.69) is 52.2 Å². The summed E-state index contributed by atoms with van der Waals surface area (Å²) in [5.74, 6) is -9.41. The third-order valence-corrected chi connectivity index (χ3v) is 19.2. The number of guanidine groups is 1. The third kappa shape index (κ3) is 42.3.